The van der Waals surface area contributed by atoms with Crippen LogP contribution < -0.4 is 16.6 Å². The average Bonchev–Trinajstić information content (AvgIpc) is 2.20. The van der Waals surface area contributed by atoms with Gasteiger partial charge in [-0.2, -0.15) is 4.98 Å². The Morgan fingerprint density at radius 3 is 2.62 bits per heavy atom. The molecule has 0 spiro atoms. The van der Waals surface area contributed by atoms with Gasteiger partial charge in [0.05, 0.1) is 0 Å². The minimum atomic E-state index is -0.350. The zero-order chi connectivity index (χ0) is 11.5. The van der Waals surface area contributed by atoms with Crippen LogP contribution in [0.2, 0.25) is 0 Å². The summed E-state index contributed by atoms with van der Waals surface area (Å²) in [6.07, 6.45) is 0. The van der Waals surface area contributed by atoms with Crippen LogP contribution in [0, 0.1) is 5.82 Å². The van der Waals surface area contributed by atoms with Gasteiger partial charge in [-0.05, 0) is 24.3 Å². The maximum atomic E-state index is 12.6. The van der Waals surface area contributed by atoms with E-state index in [4.69, 9.17) is 5.73 Å². The Morgan fingerprint density at radius 1 is 1.31 bits per heavy atom. The van der Waals surface area contributed by atoms with Gasteiger partial charge >= 0.3 is 0 Å². The van der Waals surface area contributed by atoms with E-state index in [1.807, 2.05) is 0 Å². The first kappa shape index (κ1) is 10.2. The molecule has 5 nitrogen and oxygen atoms in total. The topological polar surface area (TPSA) is 83.8 Å². The van der Waals surface area contributed by atoms with Gasteiger partial charge in [-0.25, -0.2) is 4.39 Å². The molecule has 0 saturated heterocycles. The standard InChI is InChI=1S/C10H9FN4O/c11-6-1-3-7(4-2-6)13-10-14-8(12)5-9(16)15-10/h1-5H,(H4,12,13,14,15,16). The van der Waals surface area contributed by atoms with Gasteiger partial charge in [-0.15, -0.1) is 0 Å². The number of aromatic nitrogens is 2. The van der Waals surface area contributed by atoms with Crippen molar-refractivity contribution in [3.63, 3.8) is 0 Å². The van der Waals surface area contributed by atoms with Gasteiger partial charge in [-0.3, -0.25) is 9.78 Å². The molecule has 0 aliphatic rings. The lowest BCUT2D eigenvalue weighted by molar-refractivity contribution is 0.628. The van der Waals surface area contributed by atoms with Crippen molar-refractivity contribution in [1.82, 2.24) is 9.97 Å². The third-order valence-corrected chi connectivity index (χ3v) is 1.87. The van der Waals surface area contributed by atoms with Gasteiger partial charge in [-0.1, -0.05) is 0 Å². The molecular weight excluding hydrogens is 211 g/mol. The van der Waals surface area contributed by atoms with E-state index in [1.54, 1.807) is 0 Å². The van der Waals surface area contributed by atoms with E-state index in [-0.39, 0.29) is 23.1 Å². The first-order valence-corrected chi connectivity index (χ1v) is 4.53. The van der Waals surface area contributed by atoms with E-state index in [1.165, 1.54) is 30.3 Å². The lowest BCUT2D eigenvalue weighted by atomic mass is 10.3. The number of aromatic amines is 1. The summed E-state index contributed by atoms with van der Waals surface area (Å²) in [4.78, 5) is 17.4. The molecule has 0 atom stereocenters. The van der Waals surface area contributed by atoms with Crippen LogP contribution in [0.4, 0.5) is 21.8 Å². The highest BCUT2D eigenvalue weighted by molar-refractivity contribution is 5.53. The fourth-order valence-electron chi connectivity index (χ4n) is 1.21. The molecule has 6 heteroatoms. The van der Waals surface area contributed by atoms with Crippen LogP contribution in [0.1, 0.15) is 0 Å². The summed E-state index contributed by atoms with van der Waals surface area (Å²) in [5.41, 5.74) is 5.66. The highest BCUT2D eigenvalue weighted by Crippen LogP contribution is 2.12. The molecule has 0 bridgehead atoms. The van der Waals surface area contributed by atoms with Gasteiger partial charge < -0.3 is 11.1 Å². The van der Waals surface area contributed by atoms with Crippen molar-refractivity contribution in [1.29, 1.82) is 0 Å². The fourth-order valence-corrected chi connectivity index (χ4v) is 1.21. The number of halogens is 1. The van der Waals surface area contributed by atoms with E-state index in [0.717, 1.165) is 0 Å². The zero-order valence-electron chi connectivity index (χ0n) is 8.20. The van der Waals surface area contributed by atoms with Crippen LogP contribution in [0.3, 0.4) is 0 Å². The molecule has 0 saturated carbocycles. The van der Waals surface area contributed by atoms with Gasteiger partial charge in [0.15, 0.2) is 0 Å². The Hall–Kier alpha value is -2.37. The summed E-state index contributed by atoms with van der Waals surface area (Å²) in [5, 5.41) is 2.80. The number of nitrogens with two attached hydrogens (primary N) is 1. The van der Waals surface area contributed by atoms with E-state index >= 15 is 0 Å². The smallest absolute Gasteiger partial charge is 0.254 e. The Labute approximate surface area is 90.1 Å². The Bertz CT molecular complexity index is 549. The van der Waals surface area contributed by atoms with E-state index in [9.17, 15) is 9.18 Å². The van der Waals surface area contributed by atoms with E-state index in [0.29, 0.717) is 5.69 Å². The second-order valence-electron chi connectivity index (χ2n) is 3.15. The van der Waals surface area contributed by atoms with Crippen LogP contribution in [-0.2, 0) is 0 Å². The number of anilines is 3. The van der Waals surface area contributed by atoms with Crippen LogP contribution in [-0.4, -0.2) is 9.97 Å². The quantitative estimate of drug-likeness (QED) is 0.710. The second-order valence-corrected chi connectivity index (χ2v) is 3.15. The second kappa shape index (κ2) is 4.01. The van der Waals surface area contributed by atoms with Crippen molar-refractivity contribution < 1.29 is 4.39 Å². The van der Waals surface area contributed by atoms with Crippen molar-refractivity contribution in [2.24, 2.45) is 0 Å². The molecule has 16 heavy (non-hydrogen) atoms. The van der Waals surface area contributed by atoms with E-state index in [2.05, 4.69) is 15.3 Å². The van der Waals surface area contributed by atoms with Crippen LogP contribution in [0.15, 0.2) is 35.1 Å². The number of nitrogens with one attached hydrogen (secondary N) is 2. The summed E-state index contributed by atoms with van der Waals surface area (Å²) in [6, 6.07) is 6.83. The normalized spacial score (nSPS) is 10.1. The number of nitrogen functional groups attached to an aromatic ring is 1. The maximum absolute atomic E-state index is 12.6. The fraction of sp³-hybridized carbons (Fsp3) is 0. The first-order valence-electron chi connectivity index (χ1n) is 4.53. The van der Waals surface area contributed by atoms with Gasteiger partial charge in [0.2, 0.25) is 5.95 Å². The highest BCUT2D eigenvalue weighted by Gasteiger charge is 1.99. The van der Waals surface area contributed by atoms with Crippen molar-refractivity contribution in [3.05, 3.63) is 46.5 Å². The van der Waals surface area contributed by atoms with Crippen LogP contribution in [0.25, 0.3) is 0 Å². The average molecular weight is 220 g/mol. The van der Waals surface area contributed by atoms with Gasteiger partial charge in [0, 0.05) is 11.8 Å². The molecule has 0 unspecified atom stereocenters. The summed E-state index contributed by atoms with van der Waals surface area (Å²) in [7, 11) is 0. The summed E-state index contributed by atoms with van der Waals surface area (Å²) < 4.78 is 12.6. The lowest BCUT2D eigenvalue weighted by Gasteiger charge is -2.04. The Balaban J connectivity index is 2.26. The minimum Gasteiger partial charge on any atom is -0.383 e. The molecule has 2 aromatic rings. The lowest BCUT2D eigenvalue weighted by Crippen LogP contribution is -2.11. The molecule has 0 aliphatic heterocycles. The monoisotopic (exact) mass is 220 g/mol. The number of H-pyrrole nitrogens is 1. The van der Waals surface area contributed by atoms with Crippen molar-refractivity contribution in [2.75, 3.05) is 11.1 Å². The van der Waals surface area contributed by atoms with Crippen molar-refractivity contribution in [3.8, 4) is 0 Å². The molecule has 2 rings (SSSR count). The molecule has 1 aromatic heterocycles. The molecule has 82 valence electrons. The molecule has 0 radical (unpaired) electrons. The largest absolute Gasteiger partial charge is 0.383 e. The summed E-state index contributed by atoms with van der Waals surface area (Å²) in [5.74, 6) is 0.00421. The molecular formula is C10H9FN4O. The number of hydrogen-bond donors (Lipinski definition) is 3. The molecule has 0 aliphatic carbocycles. The third-order valence-electron chi connectivity index (χ3n) is 1.87. The molecule has 4 N–H and O–H groups in total. The van der Waals surface area contributed by atoms with Crippen molar-refractivity contribution >= 4 is 17.5 Å². The number of benzene rings is 1. The van der Waals surface area contributed by atoms with Crippen LogP contribution in [0.5, 0.6) is 0 Å². The van der Waals surface area contributed by atoms with Gasteiger partial charge in [0.25, 0.3) is 5.56 Å². The summed E-state index contributed by atoms with van der Waals surface area (Å²) in [6.45, 7) is 0. The van der Waals surface area contributed by atoms with E-state index < -0.39 is 0 Å². The van der Waals surface area contributed by atoms with Crippen molar-refractivity contribution in [2.45, 2.75) is 0 Å². The Kier molecular flexibility index (Phi) is 2.55. The highest BCUT2D eigenvalue weighted by atomic mass is 19.1. The predicted octanol–water partition coefficient (Wildman–Crippen LogP) is 1.23. The SMILES string of the molecule is Nc1cc(=O)[nH]c(Nc2ccc(F)cc2)n1. The molecule has 1 aromatic carbocycles. The van der Waals surface area contributed by atoms with Gasteiger partial charge in [0.1, 0.15) is 11.6 Å². The molecule has 1 heterocycles. The number of rotatable bonds is 2. The third kappa shape index (κ3) is 2.35. The molecule has 0 fully saturated rings. The number of hydrogen-bond acceptors (Lipinski definition) is 4. The zero-order valence-corrected chi connectivity index (χ0v) is 8.20. The summed E-state index contributed by atoms with van der Waals surface area (Å²) >= 11 is 0. The first-order chi connectivity index (χ1) is 7.63. The predicted molar refractivity (Wildman–Crippen MR) is 59.0 cm³/mol. The molecule has 0 amide bonds. The minimum absolute atomic E-state index is 0.119. The number of nitrogens with zero attached hydrogens (tertiary/aromatic N) is 1. The van der Waals surface area contributed by atoms with Crippen LogP contribution >= 0.6 is 0 Å². The maximum Gasteiger partial charge on any atom is 0.254 e. The Morgan fingerprint density at radius 2 is 2.00 bits per heavy atom.